The highest BCUT2D eigenvalue weighted by Crippen LogP contribution is 2.33. The first-order valence-corrected chi connectivity index (χ1v) is 6.93. The number of ether oxygens (including phenoxy) is 1. The first-order chi connectivity index (χ1) is 8.50. The Morgan fingerprint density at radius 2 is 2.06 bits per heavy atom. The first-order valence-electron chi connectivity index (χ1n) is 6.93. The molecule has 0 aromatic heterocycles. The normalized spacial score (nSPS) is 18.8. The van der Waals surface area contributed by atoms with Gasteiger partial charge in [0.05, 0.1) is 6.61 Å². The summed E-state index contributed by atoms with van der Waals surface area (Å²) < 4.78 is 5.70. The van der Waals surface area contributed by atoms with E-state index in [2.05, 4.69) is 51.2 Å². The van der Waals surface area contributed by atoms with E-state index in [0.29, 0.717) is 17.3 Å². The van der Waals surface area contributed by atoms with Gasteiger partial charge in [0.1, 0.15) is 5.75 Å². The molecule has 2 nitrogen and oxygen atoms in total. The Kier molecular flexibility index (Phi) is 3.96. The van der Waals surface area contributed by atoms with Gasteiger partial charge in [-0.05, 0) is 17.4 Å². The maximum Gasteiger partial charge on any atom is 0.122 e. The first kappa shape index (κ1) is 13.4. The summed E-state index contributed by atoms with van der Waals surface area (Å²) >= 11 is 0. The van der Waals surface area contributed by atoms with Crippen LogP contribution in [-0.4, -0.2) is 19.7 Å². The monoisotopic (exact) mass is 247 g/mol. The average molecular weight is 247 g/mol. The van der Waals surface area contributed by atoms with Crippen molar-refractivity contribution >= 4 is 0 Å². The predicted molar refractivity (Wildman–Crippen MR) is 76.2 cm³/mol. The molecule has 1 atom stereocenters. The van der Waals surface area contributed by atoms with Gasteiger partial charge in [-0.3, -0.25) is 0 Å². The van der Waals surface area contributed by atoms with Gasteiger partial charge in [0.25, 0.3) is 0 Å². The average Bonchev–Trinajstić information content (AvgIpc) is 2.72. The van der Waals surface area contributed by atoms with E-state index in [-0.39, 0.29) is 0 Å². The van der Waals surface area contributed by atoms with Crippen molar-refractivity contribution in [1.82, 2.24) is 5.32 Å². The van der Waals surface area contributed by atoms with Crippen LogP contribution in [-0.2, 0) is 0 Å². The Morgan fingerprint density at radius 1 is 1.33 bits per heavy atom. The van der Waals surface area contributed by atoms with Crippen molar-refractivity contribution in [3.63, 3.8) is 0 Å². The van der Waals surface area contributed by atoms with E-state index in [1.54, 1.807) is 0 Å². The number of hydrogen-bond acceptors (Lipinski definition) is 2. The van der Waals surface area contributed by atoms with Gasteiger partial charge in [0.2, 0.25) is 0 Å². The minimum atomic E-state index is 0.346. The smallest absolute Gasteiger partial charge is 0.122 e. The van der Waals surface area contributed by atoms with Crippen LogP contribution in [0.25, 0.3) is 0 Å². The molecule has 1 aromatic carbocycles. The molecule has 1 N–H and O–H groups in total. The van der Waals surface area contributed by atoms with Gasteiger partial charge in [-0.2, -0.15) is 0 Å². The lowest BCUT2D eigenvalue weighted by Gasteiger charge is -2.30. The van der Waals surface area contributed by atoms with Gasteiger partial charge in [-0.1, -0.05) is 45.9 Å². The third-order valence-corrected chi connectivity index (χ3v) is 4.33. The summed E-state index contributed by atoms with van der Waals surface area (Å²) in [6.45, 7) is 12.1. The molecule has 1 unspecified atom stereocenters. The summed E-state index contributed by atoms with van der Waals surface area (Å²) in [5, 5.41) is 3.61. The molecule has 0 fully saturated rings. The Labute approximate surface area is 111 Å². The van der Waals surface area contributed by atoms with Crippen molar-refractivity contribution in [3.05, 3.63) is 29.8 Å². The fourth-order valence-corrected chi connectivity index (χ4v) is 2.17. The SMILES string of the molecule is CC(C)C(C)(C)CNCC1COc2ccccc21. The highest BCUT2D eigenvalue weighted by Gasteiger charge is 2.25. The standard InChI is InChI=1S/C16H25NO/c1-12(2)16(3,4)11-17-9-13-10-18-15-8-6-5-7-14(13)15/h5-8,12-13,17H,9-11H2,1-4H3. The van der Waals surface area contributed by atoms with Crippen LogP contribution in [0.1, 0.15) is 39.2 Å². The van der Waals surface area contributed by atoms with Gasteiger partial charge in [0, 0.05) is 24.6 Å². The van der Waals surface area contributed by atoms with E-state index < -0.39 is 0 Å². The zero-order chi connectivity index (χ0) is 13.2. The van der Waals surface area contributed by atoms with Crippen LogP contribution in [0.15, 0.2) is 24.3 Å². The quantitative estimate of drug-likeness (QED) is 0.860. The fourth-order valence-electron chi connectivity index (χ4n) is 2.17. The summed E-state index contributed by atoms with van der Waals surface area (Å²) in [6, 6.07) is 8.38. The molecule has 1 heterocycles. The molecule has 0 amide bonds. The Bertz CT molecular complexity index is 398. The Morgan fingerprint density at radius 3 is 2.78 bits per heavy atom. The minimum Gasteiger partial charge on any atom is -0.493 e. The molecule has 100 valence electrons. The zero-order valence-corrected chi connectivity index (χ0v) is 12.0. The predicted octanol–water partition coefficient (Wildman–Crippen LogP) is 3.43. The lowest BCUT2D eigenvalue weighted by molar-refractivity contribution is 0.233. The lowest BCUT2D eigenvalue weighted by atomic mass is 9.81. The number of benzene rings is 1. The molecule has 2 heteroatoms. The van der Waals surface area contributed by atoms with E-state index in [0.717, 1.165) is 25.4 Å². The van der Waals surface area contributed by atoms with Crippen LogP contribution in [0.3, 0.4) is 0 Å². The highest BCUT2D eigenvalue weighted by molar-refractivity contribution is 5.39. The number of fused-ring (bicyclic) bond motifs is 1. The molecule has 0 bridgehead atoms. The summed E-state index contributed by atoms with van der Waals surface area (Å²) in [7, 11) is 0. The number of hydrogen-bond donors (Lipinski definition) is 1. The van der Waals surface area contributed by atoms with E-state index in [1.807, 2.05) is 6.07 Å². The summed E-state index contributed by atoms with van der Waals surface area (Å²) in [6.07, 6.45) is 0. The number of para-hydroxylation sites is 1. The summed E-state index contributed by atoms with van der Waals surface area (Å²) in [4.78, 5) is 0. The Balaban J connectivity index is 1.86. The van der Waals surface area contributed by atoms with Crippen molar-refractivity contribution in [2.75, 3.05) is 19.7 Å². The largest absolute Gasteiger partial charge is 0.493 e. The van der Waals surface area contributed by atoms with E-state index in [4.69, 9.17) is 4.74 Å². The zero-order valence-electron chi connectivity index (χ0n) is 12.0. The molecule has 0 saturated carbocycles. The van der Waals surface area contributed by atoms with Crippen LogP contribution >= 0.6 is 0 Å². The fraction of sp³-hybridized carbons (Fsp3) is 0.625. The summed E-state index contributed by atoms with van der Waals surface area (Å²) in [5.74, 6) is 2.26. The van der Waals surface area contributed by atoms with Crippen molar-refractivity contribution in [2.45, 2.75) is 33.6 Å². The second kappa shape index (κ2) is 5.31. The third-order valence-electron chi connectivity index (χ3n) is 4.33. The van der Waals surface area contributed by atoms with Crippen LogP contribution in [0.5, 0.6) is 5.75 Å². The van der Waals surface area contributed by atoms with Gasteiger partial charge < -0.3 is 10.1 Å². The van der Waals surface area contributed by atoms with Crippen LogP contribution in [0.2, 0.25) is 0 Å². The Hall–Kier alpha value is -1.02. The molecule has 1 aliphatic heterocycles. The molecular formula is C16H25NO. The molecule has 1 aliphatic rings. The second-order valence-corrected chi connectivity index (χ2v) is 6.32. The molecular weight excluding hydrogens is 222 g/mol. The second-order valence-electron chi connectivity index (χ2n) is 6.32. The van der Waals surface area contributed by atoms with Crippen LogP contribution < -0.4 is 10.1 Å². The van der Waals surface area contributed by atoms with Gasteiger partial charge in [-0.15, -0.1) is 0 Å². The highest BCUT2D eigenvalue weighted by atomic mass is 16.5. The molecule has 0 spiro atoms. The van der Waals surface area contributed by atoms with Crippen LogP contribution in [0, 0.1) is 11.3 Å². The van der Waals surface area contributed by atoms with E-state index in [9.17, 15) is 0 Å². The molecule has 2 rings (SSSR count). The summed E-state index contributed by atoms with van der Waals surface area (Å²) in [5.41, 5.74) is 1.70. The van der Waals surface area contributed by atoms with Gasteiger partial charge >= 0.3 is 0 Å². The minimum absolute atomic E-state index is 0.346. The van der Waals surface area contributed by atoms with Gasteiger partial charge in [-0.25, -0.2) is 0 Å². The molecule has 0 radical (unpaired) electrons. The molecule has 1 aromatic rings. The lowest BCUT2D eigenvalue weighted by Crippen LogP contribution is -2.35. The molecule has 0 aliphatic carbocycles. The topological polar surface area (TPSA) is 21.3 Å². The maximum atomic E-state index is 5.70. The maximum absolute atomic E-state index is 5.70. The molecule has 0 saturated heterocycles. The van der Waals surface area contributed by atoms with E-state index in [1.165, 1.54) is 5.56 Å². The third kappa shape index (κ3) is 2.86. The van der Waals surface area contributed by atoms with Crippen molar-refractivity contribution in [3.8, 4) is 5.75 Å². The van der Waals surface area contributed by atoms with Crippen LogP contribution in [0.4, 0.5) is 0 Å². The van der Waals surface area contributed by atoms with Gasteiger partial charge in [0.15, 0.2) is 0 Å². The number of nitrogens with one attached hydrogen (secondary N) is 1. The molecule has 18 heavy (non-hydrogen) atoms. The van der Waals surface area contributed by atoms with E-state index >= 15 is 0 Å². The van der Waals surface area contributed by atoms with Crippen molar-refractivity contribution in [2.24, 2.45) is 11.3 Å². The van der Waals surface area contributed by atoms with Crippen molar-refractivity contribution < 1.29 is 4.74 Å². The van der Waals surface area contributed by atoms with Crippen molar-refractivity contribution in [1.29, 1.82) is 0 Å². The number of rotatable bonds is 5.